The van der Waals surface area contributed by atoms with Crippen LogP contribution in [0.2, 0.25) is 0 Å². The first kappa shape index (κ1) is 37.9. The number of nitrogens with zero attached hydrogens (tertiary/aromatic N) is 2. The van der Waals surface area contributed by atoms with Crippen molar-refractivity contribution in [3.8, 4) is 23.5 Å². The molecular weight excluding hydrogens is 640 g/mol. The molecule has 3 rings (SSSR count). The van der Waals surface area contributed by atoms with Crippen molar-refractivity contribution in [1.82, 2.24) is 14.8 Å². The smallest absolute Gasteiger partial charge is 0.416 e. The summed E-state index contributed by atoms with van der Waals surface area (Å²) in [6.45, 7) is 6.54. The first-order chi connectivity index (χ1) is 22.3. The second-order valence-electron chi connectivity index (χ2n) is 12.4. The molecule has 0 spiro atoms. The Balaban J connectivity index is 2.24. The van der Waals surface area contributed by atoms with Gasteiger partial charge in [0.2, 0.25) is 5.91 Å². The van der Waals surface area contributed by atoms with Crippen molar-refractivity contribution < 1.29 is 41.0 Å². The van der Waals surface area contributed by atoms with Crippen molar-refractivity contribution in [2.75, 3.05) is 20.6 Å². The fourth-order valence-electron chi connectivity index (χ4n) is 5.69. The van der Waals surface area contributed by atoms with E-state index in [1.807, 2.05) is 0 Å². The Morgan fingerprint density at radius 1 is 1.04 bits per heavy atom. The molecular formula is C35H37F6N3O4. The number of carbonyl (C=O) groups excluding carboxylic acids is 1. The summed E-state index contributed by atoms with van der Waals surface area (Å²) in [5, 5.41) is 12.1. The number of carboxylic acid groups (broad SMARTS) is 1. The molecule has 258 valence electrons. The monoisotopic (exact) mass is 677 g/mol. The van der Waals surface area contributed by atoms with Gasteiger partial charge >= 0.3 is 12.1 Å². The maximum atomic E-state index is 16.4. The molecule has 1 heterocycles. The van der Waals surface area contributed by atoms with Gasteiger partial charge in [-0.1, -0.05) is 19.8 Å². The summed E-state index contributed by atoms with van der Waals surface area (Å²) in [5.41, 5.74) is -3.45. The number of hydrogen-bond acceptors (Lipinski definition) is 4. The molecule has 3 aromatic rings. The Labute approximate surface area is 274 Å². The van der Waals surface area contributed by atoms with Crippen molar-refractivity contribution >= 4 is 11.9 Å². The number of hydrogen-bond donors (Lipinski definition) is 2. The average Bonchev–Trinajstić information content (AvgIpc) is 2.94. The maximum absolute atomic E-state index is 16.4. The van der Waals surface area contributed by atoms with E-state index in [-0.39, 0.29) is 53.1 Å². The molecule has 2 N–H and O–H groups in total. The number of benzene rings is 2. The lowest BCUT2D eigenvalue weighted by Crippen LogP contribution is -2.41. The highest BCUT2D eigenvalue weighted by molar-refractivity contribution is 5.82. The van der Waals surface area contributed by atoms with E-state index in [9.17, 15) is 37.1 Å². The van der Waals surface area contributed by atoms with Gasteiger partial charge in [0, 0.05) is 29.9 Å². The SMILES string of the molecule is C#Cc1cc(-c2c(C)cc(F)cc2C)c(F)c(C(CC(=O)O)NC(=O)[C@H](CC(C)C)n2cc(CCN(C)C)c(C(F)(F)F)cc2=O)c1F. The lowest BCUT2D eigenvalue weighted by Gasteiger charge is -2.27. The van der Waals surface area contributed by atoms with E-state index in [1.54, 1.807) is 32.8 Å². The molecule has 0 radical (unpaired) electrons. The van der Waals surface area contributed by atoms with Crippen molar-refractivity contribution in [1.29, 1.82) is 0 Å². The zero-order valence-corrected chi connectivity index (χ0v) is 27.4. The third-order valence-electron chi connectivity index (χ3n) is 7.83. The van der Waals surface area contributed by atoms with Crippen LogP contribution in [0.3, 0.4) is 0 Å². The molecule has 7 nitrogen and oxygen atoms in total. The first-order valence-electron chi connectivity index (χ1n) is 15.0. The minimum atomic E-state index is -4.86. The standard InChI is InChI=1S/C35H37F6N3O4/c1-8-21-14-24(30-19(4)12-23(36)13-20(30)5)33(38)31(32(21)37)26(16-29(46)47)42-34(48)27(11-18(2)3)44-17-22(9-10-43(6)7)25(15-28(44)45)35(39,40)41/h1,12-15,17-18,26-27H,9-11,16H2,2-7H3,(H,42,48)(H,46,47)/t26?,27-/m0/s1. The van der Waals surface area contributed by atoms with Crippen LogP contribution in [0.25, 0.3) is 11.1 Å². The van der Waals surface area contributed by atoms with Crippen LogP contribution < -0.4 is 10.9 Å². The minimum absolute atomic E-state index is 0.0986. The van der Waals surface area contributed by atoms with Gasteiger partial charge in [-0.15, -0.1) is 6.42 Å². The van der Waals surface area contributed by atoms with Crippen LogP contribution in [-0.2, 0) is 22.2 Å². The lowest BCUT2D eigenvalue weighted by atomic mass is 9.89. The largest absolute Gasteiger partial charge is 0.481 e. The molecule has 0 fully saturated rings. The number of nitrogens with one attached hydrogen (secondary N) is 1. The highest BCUT2D eigenvalue weighted by Crippen LogP contribution is 2.37. The van der Waals surface area contributed by atoms with Gasteiger partial charge < -0.3 is 19.9 Å². The molecule has 13 heteroatoms. The lowest BCUT2D eigenvalue weighted by molar-refractivity contribution is -0.139. The van der Waals surface area contributed by atoms with E-state index in [0.717, 1.165) is 29.0 Å². The third-order valence-corrected chi connectivity index (χ3v) is 7.83. The number of pyridine rings is 1. The summed E-state index contributed by atoms with van der Waals surface area (Å²) in [7, 11) is 3.30. The van der Waals surface area contributed by atoms with Gasteiger partial charge in [-0.25, -0.2) is 13.2 Å². The van der Waals surface area contributed by atoms with Crippen molar-refractivity contribution in [2.45, 2.75) is 65.2 Å². The van der Waals surface area contributed by atoms with Crippen LogP contribution in [0.5, 0.6) is 0 Å². The molecule has 0 saturated heterocycles. The molecule has 1 aromatic heterocycles. The summed E-state index contributed by atoms with van der Waals surface area (Å²) < 4.78 is 88.8. The van der Waals surface area contributed by atoms with Crippen LogP contribution in [-0.4, -0.2) is 47.1 Å². The number of rotatable bonds is 12. The Morgan fingerprint density at radius 3 is 2.15 bits per heavy atom. The highest BCUT2D eigenvalue weighted by Gasteiger charge is 2.36. The molecule has 2 aromatic carbocycles. The summed E-state index contributed by atoms with van der Waals surface area (Å²) in [6, 6.07) is 0.313. The van der Waals surface area contributed by atoms with Crippen LogP contribution in [0.15, 0.2) is 35.3 Å². The van der Waals surface area contributed by atoms with Gasteiger partial charge in [-0.05, 0) is 87.2 Å². The van der Waals surface area contributed by atoms with Crippen LogP contribution in [0.4, 0.5) is 26.3 Å². The number of halogens is 6. The zero-order chi connectivity index (χ0) is 36.2. The fourth-order valence-corrected chi connectivity index (χ4v) is 5.69. The number of carboxylic acids is 1. The molecule has 1 unspecified atom stereocenters. The second kappa shape index (κ2) is 15.1. The first-order valence-corrected chi connectivity index (χ1v) is 15.0. The predicted molar refractivity (Wildman–Crippen MR) is 169 cm³/mol. The number of amides is 1. The van der Waals surface area contributed by atoms with Crippen molar-refractivity contribution in [2.24, 2.45) is 5.92 Å². The van der Waals surface area contributed by atoms with Gasteiger partial charge in [-0.3, -0.25) is 14.4 Å². The van der Waals surface area contributed by atoms with Gasteiger partial charge in [0.25, 0.3) is 5.56 Å². The highest BCUT2D eigenvalue weighted by atomic mass is 19.4. The normalized spacial score (nSPS) is 13.0. The van der Waals surface area contributed by atoms with Gasteiger partial charge in [0.05, 0.1) is 23.6 Å². The molecule has 48 heavy (non-hydrogen) atoms. The average molecular weight is 678 g/mol. The number of alkyl halides is 3. The molecule has 0 aliphatic heterocycles. The van der Waals surface area contributed by atoms with Crippen LogP contribution in [0.1, 0.15) is 72.2 Å². The minimum Gasteiger partial charge on any atom is -0.481 e. The van der Waals surface area contributed by atoms with Gasteiger partial charge in [-0.2, -0.15) is 13.2 Å². The molecule has 0 aliphatic rings. The number of aryl methyl sites for hydroxylation is 2. The Kier molecular flexibility index (Phi) is 11.9. The van der Waals surface area contributed by atoms with Gasteiger partial charge in [0.1, 0.15) is 23.5 Å². The van der Waals surface area contributed by atoms with E-state index >= 15 is 8.78 Å². The molecule has 0 saturated carbocycles. The Morgan fingerprint density at radius 2 is 1.65 bits per heavy atom. The molecule has 1 amide bonds. The molecule has 0 aliphatic carbocycles. The molecule has 2 atom stereocenters. The Bertz CT molecular complexity index is 1780. The Hall–Kier alpha value is -4.57. The molecule has 0 bridgehead atoms. The number of aromatic nitrogens is 1. The maximum Gasteiger partial charge on any atom is 0.416 e. The number of likely N-dealkylation sites (N-methyl/N-ethyl adjacent to an activating group) is 1. The third kappa shape index (κ3) is 8.66. The van der Waals surface area contributed by atoms with E-state index in [4.69, 9.17) is 6.42 Å². The summed E-state index contributed by atoms with van der Waals surface area (Å²) in [6.07, 6.45) is 0.353. The topological polar surface area (TPSA) is 91.6 Å². The number of carbonyl (C=O) groups is 2. The van der Waals surface area contributed by atoms with Crippen molar-refractivity contribution in [3.63, 3.8) is 0 Å². The van der Waals surface area contributed by atoms with Crippen LogP contribution >= 0.6 is 0 Å². The van der Waals surface area contributed by atoms with E-state index in [2.05, 4.69) is 11.2 Å². The number of aliphatic carboxylic acids is 1. The fraction of sp³-hybridized carbons (Fsp3) is 0.400. The quantitative estimate of drug-likeness (QED) is 0.167. The van der Waals surface area contributed by atoms with E-state index in [1.165, 1.54) is 13.8 Å². The summed E-state index contributed by atoms with van der Waals surface area (Å²) in [4.78, 5) is 40.7. The number of terminal acetylenes is 1. The zero-order valence-electron chi connectivity index (χ0n) is 27.4. The van der Waals surface area contributed by atoms with Crippen LogP contribution in [0, 0.1) is 49.6 Å². The predicted octanol–water partition coefficient (Wildman–Crippen LogP) is 6.57. The van der Waals surface area contributed by atoms with Crippen molar-refractivity contribution in [3.05, 3.63) is 91.6 Å². The second-order valence-corrected chi connectivity index (χ2v) is 12.4. The summed E-state index contributed by atoms with van der Waals surface area (Å²) in [5.74, 6) is -4.02. The van der Waals surface area contributed by atoms with Gasteiger partial charge in [0.15, 0.2) is 0 Å². The van der Waals surface area contributed by atoms with E-state index < -0.39 is 76.3 Å². The van der Waals surface area contributed by atoms with E-state index in [0.29, 0.717) is 6.07 Å². The summed E-state index contributed by atoms with van der Waals surface area (Å²) >= 11 is 0.